The van der Waals surface area contributed by atoms with Crippen LogP contribution in [0.1, 0.15) is 24.2 Å². The standard InChI is InChI=1S/C13H17N3O5/c1-3-15(4-2)12(17)8-21-13(18)9-5-6-10(14)11(7-9)16(19)20/h5-7H,3-4,8,14H2,1-2H3. The van der Waals surface area contributed by atoms with Crippen LogP contribution in [0.25, 0.3) is 0 Å². The zero-order chi connectivity index (χ0) is 16.0. The third-order valence-corrected chi connectivity index (χ3v) is 2.91. The fourth-order valence-electron chi connectivity index (χ4n) is 1.71. The van der Waals surface area contributed by atoms with Gasteiger partial charge in [-0.2, -0.15) is 0 Å². The first-order chi connectivity index (χ1) is 9.90. The summed E-state index contributed by atoms with van der Waals surface area (Å²) >= 11 is 0. The average molecular weight is 295 g/mol. The Kier molecular flexibility index (Phi) is 5.65. The number of nitro benzene ring substituents is 1. The summed E-state index contributed by atoms with van der Waals surface area (Å²) in [6, 6.07) is 3.59. The number of carbonyl (C=O) groups is 2. The van der Waals surface area contributed by atoms with E-state index in [1.165, 1.54) is 17.0 Å². The molecule has 0 atom stereocenters. The molecule has 0 heterocycles. The van der Waals surface area contributed by atoms with E-state index in [-0.39, 0.29) is 22.8 Å². The molecule has 8 nitrogen and oxygen atoms in total. The molecule has 21 heavy (non-hydrogen) atoms. The Morgan fingerprint density at radius 2 is 1.95 bits per heavy atom. The SMILES string of the molecule is CCN(CC)C(=O)COC(=O)c1ccc(N)c([N+](=O)[O-])c1. The van der Waals surface area contributed by atoms with E-state index in [0.29, 0.717) is 13.1 Å². The maximum atomic E-state index is 11.8. The van der Waals surface area contributed by atoms with E-state index in [1.807, 2.05) is 13.8 Å². The molecule has 1 aromatic carbocycles. The van der Waals surface area contributed by atoms with E-state index in [0.717, 1.165) is 6.07 Å². The quantitative estimate of drug-likeness (QED) is 0.365. The number of nitrogen functional groups attached to an aromatic ring is 1. The Morgan fingerprint density at radius 3 is 2.48 bits per heavy atom. The lowest BCUT2D eigenvalue weighted by Crippen LogP contribution is -2.34. The van der Waals surface area contributed by atoms with Gasteiger partial charge in [0, 0.05) is 19.2 Å². The maximum Gasteiger partial charge on any atom is 0.338 e. The van der Waals surface area contributed by atoms with Gasteiger partial charge in [-0.25, -0.2) is 4.79 Å². The van der Waals surface area contributed by atoms with Crippen molar-refractivity contribution in [2.45, 2.75) is 13.8 Å². The van der Waals surface area contributed by atoms with E-state index < -0.39 is 17.5 Å². The van der Waals surface area contributed by atoms with Gasteiger partial charge in [-0.05, 0) is 26.0 Å². The van der Waals surface area contributed by atoms with Gasteiger partial charge in [-0.1, -0.05) is 0 Å². The molecule has 0 saturated carbocycles. The monoisotopic (exact) mass is 295 g/mol. The van der Waals surface area contributed by atoms with E-state index in [2.05, 4.69) is 0 Å². The van der Waals surface area contributed by atoms with Crippen molar-refractivity contribution in [3.05, 3.63) is 33.9 Å². The number of nitrogens with zero attached hydrogens (tertiary/aromatic N) is 2. The predicted molar refractivity (Wildman–Crippen MR) is 75.7 cm³/mol. The highest BCUT2D eigenvalue weighted by Gasteiger charge is 2.18. The summed E-state index contributed by atoms with van der Waals surface area (Å²) < 4.78 is 4.86. The van der Waals surface area contributed by atoms with Crippen molar-refractivity contribution in [3.63, 3.8) is 0 Å². The third-order valence-electron chi connectivity index (χ3n) is 2.91. The largest absolute Gasteiger partial charge is 0.452 e. The highest BCUT2D eigenvalue weighted by atomic mass is 16.6. The van der Waals surface area contributed by atoms with Crippen LogP contribution in [0.4, 0.5) is 11.4 Å². The molecule has 0 bridgehead atoms. The van der Waals surface area contributed by atoms with Crippen LogP contribution >= 0.6 is 0 Å². The number of carbonyl (C=O) groups excluding carboxylic acids is 2. The molecule has 0 radical (unpaired) electrons. The molecule has 1 aromatic rings. The molecule has 0 aliphatic carbocycles. The molecule has 0 spiro atoms. The van der Waals surface area contributed by atoms with Gasteiger partial charge in [-0.15, -0.1) is 0 Å². The average Bonchev–Trinajstić information content (AvgIpc) is 2.46. The Labute approximate surface area is 121 Å². The smallest absolute Gasteiger partial charge is 0.338 e. The minimum atomic E-state index is -0.807. The highest BCUT2D eigenvalue weighted by molar-refractivity contribution is 5.92. The summed E-state index contributed by atoms with van der Waals surface area (Å²) in [4.78, 5) is 35.0. The molecule has 0 aliphatic rings. The van der Waals surface area contributed by atoms with Gasteiger partial charge in [0.15, 0.2) is 6.61 Å². The van der Waals surface area contributed by atoms with Crippen LogP contribution in [0.15, 0.2) is 18.2 Å². The lowest BCUT2D eigenvalue weighted by Gasteiger charge is -2.18. The van der Waals surface area contributed by atoms with Gasteiger partial charge < -0.3 is 15.4 Å². The summed E-state index contributed by atoms with van der Waals surface area (Å²) in [6.45, 7) is 4.25. The summed E-state index contributed by atoms with van der Waals surface area (Å²) in [5.41, 5.74) is 4.99. The first-order valence-corrected chi connectivity index (χ1v) is 6.39. The molecule has 8 heteroatoms. The number of benzene rings is 1. The zero-order valence-corrected chi connectivity index (χ0v) is 11.9. The number of likely N-dealkylation sites (N-methyl/N-ethyl adjacent to an activating group) is 1. The number of rotatable bonds is 6. The van der Waals surface area contributed by atoms with E-state index in [1.54, 1.807) is 0 Å². The van der Waals surface area contributed by atoms with E-state index in [9.17, 15) is 19.7 Å². The second-order valence-electron chi connectivity index (χ2n) is 4.17. The second-order valence-corrected chi connectivity index (χ2v) is 4.17. The van der Waals surface area contributed by atoms with Crippen LogP contribution in [0.3, 0.4) is 0 Å². The molecule has 2 N–H and O–H groups in total. The third kappa shape index (κ3) is 4.16. The van der Waals surface area contributed by atoms with Crippen molar-refractivity contribution in [2.75, 3.05) is 25.4 Å². The number of ether oxygens (including phenoxy) is 1. The van der Waals surface area contributed by atoms with E-state index >= 15 is 0 Å². The fraction of sp³-hybridized carbons (Fsp3) is 0.385. The molecule has 0 fully saturated rings. The van der Waals surface area contributed by atoms with Gasteiger partial charge in [0.05, 0.1) is 10.5 Å². The Morgan fingerprint density at radius 1 is 1.33 bits per heavy atom. The molecule has 0 saturated heterocycles. The van der Waals surface area contributed by atoms with Gasteiger partial charge >= 0.3 is 5.97 Å². The van der Waals surface area contributed by atoms with Crippen LogP contribution < -0.4 is 5.73 Å². The number of hydrogen-bond acceptors (Lipinski definition) is 6. The number of hydrogen-bond donors (Lipinski definition) is 1. The number of nitrogens with two attached hydrogens (primary N) is 1. The molecule has 0 unspecified atom stereocenters. The lowest BCUT2D eigenvalue weighted by molar-refractivity contribution is -0.383. The van der Waals surface area contributed by atoms with Crippen LogP contribution in [0, 0.1) is 10.1 Å². The van der Waals surface area contributed by atoms with Crippen molar-refractivity contribution in [2.24, 2.45) is 0 Å². The molecule has 114 valence electrons. The minimum Gasteiger partial charge on any atom is -0.452 e. The summed E-state index contributed by atoms with van der Waals surface area (Å²) in [6.07, 6.45) is 0. The minimum absolute atomic E-state index is 0.0248. The summed E-state index contributed by atoms with van der Waals surface area (Å²) in [7, 11) is 0. The van der Waals surface area contributed by atoms with Gasteiger partial charge in [0.25, 0.3) is 11.6 Å². The Hall–Kier alpha value is -2.64. The molecular formula is C13H17N3O5. The predicted octanol–water partition coefficient (Wildman–Crippen LogP) is 1.20. The van der Waals surface area contributed by atoms with Crippen LogP contribution in [0.2, 0.25) is 0 Å². The van der Waals surface area contributed by atoms with Crippen LogP contribution in [-0.2, 0) is 9.53 Å². The summed E-state index contributed by atoms with van der Waals surface area (Å²) in [5.74, 6) is -1.13. The Balaban J connectivity index is 2.75. The van der Waals surface area contributed by atoms with Gasteiger partial charge in [0.2, 0.25) is 0 Å². The first kappa shape index (κ1) is 16.4. The second kappa shape index (κ2) is 7.22. The lowest BCUT2D eigenvalue weighted by atomic mass is 10.2. The molecule has 0 aromatic heterocycles. The zero-order valence-electron chi connectivity index (χ0n) is 11.9. The number of esters is 1. The number of amides is 1. The van der Waals surface area contributed by atoms with Gasteiger partial charge in [0.1, 0.15) is 5.69 Å². The van der Waals surface area contributed by atoms with Crippen LogP contribution in [0.5, 0.6) is 0 Å². The normalized spacial score (nSPS) is 10.0. The van der Waals surface area contributed by atoms with Crippen LogP contribution in [-0.4, -0.2) is 41.4 Å². The molecule has 1 amide bonds. The summed E-state index contributed by atoms with van der Waals surface area (Å²) in [5, 5.41) is 10.7. The van der Waals surface area contributed by atoms with Crippen molar-refractivity contribution in [1.29, 1.82) is 0 Å². The van der Waals surface area contributed by atoms with Crippen molar-refractivity contribution in [1.82, 2.24) is 4.90 Å². The van der Waals surface area contributed by atoms with Gasteiger partial charge in [-0.3, -0.25) is 14.9 Å². The van der Waals surface area contributed by atoms with E-state index in [4.69, 9.17) is 10.5 Å². The Bertz CT molecular complexity index is 555. The van der Waals surface area contributed by atoms with Crippen molar-refractivity contribution in [3.8, 4) is 0 Å². The maximum absolute atomic E-state index is 11.8. The van der Waals surface area contributed by atoms with Crippen molar-refractivity contribution >= 4 is 23.3 Å². The molecule has 1 rings (SSSR count). The topological polar surface area (TPSA) is 116 Å². The molecule has 0 aliphatic heterocycles. The fourth-order valence-corrected chi connectivity index (χ4v) is 1.71. The number of nitro groups is 1. The molecular weight excluding hydrogens is 278 g/mol. The first-order valence-electron chi connectivity index (χ1n) is 6.39. The number of anilines is 1. The van der Waals surface area contributed by atoms with Crippen molar-refractivity contribution < 1.29 is 19.2 Å². The highest BCUT2D eigenvalue weighted by Crippen LogP contribution is 2.22.